The first kappa shape index (κ1) is 12.8. The van der Waals surface area contributed by atoms with Crippen LogP contribution in [0.4, 0.5) is 8.78 Å². The molecule has 0 amide bonds. The van der Waals surface area contributed by atoms with Crippen LogP contribution >= 0.6 is 11.6 Å². The third-order valence-electron chi connectivity index (χ3n) is 3.53. The highest BCUT2D eigenvalue weighted by Gasteiger charge is 2.37. The lowest BCUT2D eigenvalue weighted by molar-refractivity contribution is -0.0483. The Labute approximate surface area is 105 Å². The molecule has 0 spiro atoms. The number of nitrogens with two attached hydrogens (primary N) is 1. The molecular formula is C13H16ClF2N. The fourth-order valence-corrected chi connectivity index (χ4v) is 2.68. The van der Waals surface area contributed by atoms with Gasteiger partial charge in [-0.1, -0.05) is 29.8 Å². The quantitative estimate of drug-likeness (QED) is 0.848. The van der Waals surface area contributed by atoms with Crippen LogP contribution in [0.3, 0.4) is 0 Å². The Morgan fingerprint density at radius 2 is 1.82 bits per heavy atom. The van der Waals surface area contributed by atoms with Crippen LogP contribution in [0.1, 0.15) is 37.3 Å². The molecule has 1 nitrogen and oxygen atoms in total. The van der Waals surface area contributed by atoms with E-state index in [2.05, 4.69) is 0 Å². The van der Waals surface area contributed by atoms with E-state index in [4.69, 9.17) is 17.3 Å². The Morgan fingerprint density at radius 3 is 2.41 bits per heavy atom. The van der Waals surface area contributed by atoms with Crippen molar-refractivity contribution < 1.29 is 8.78 Å². The summed E-state index contributed by atoms with van der Waals surface area (Å²) >= 11 is 6.07. The summed E-state index contributed by atoms with van der Waals surface area (Å²) < 4.78 is 26.1. The third kappa shape index (κ3) is 2.96. The van der Waals surface area contributed by atoms with Gasteiger partial charge in [0.25, 0.3) is 0 Å². The molecule has 1 aliphatic rings. The molecule has 1 fully saturated rings. The summed E-state index contributed by atoms with van der Waals surface area (Å²) in [5, 5.41) is 0.623. The van der Waals surface area contributed by atoms with Crippen LogP contribution in [0.5, 0.6) is 0 Å². The Bertz CT molecular complexity index is 385. The van der Waals surface area contributed by atoms with Crippen LogP contribution < -0.4 is 5.73 Å². The van der Waals surface area contributed by atoms with Crippen molar-refractivity contribution in [3.05, 3.63) is 34.9 Å². The number of hydrogen-bond acceptors (Lipinski definition) is 1. The molecule has 0 heterocycles. The zero-order valence-electron chi connectivity index (χ0n) is 9.50. The highest BCUT2D eigenvalue weighted by molar-refractivity contribution is 6.31. The lowest BCUT2D eigenvalue weighted by Gasteiger charge is -2.32. The maximum atomic E-state index is 13.1. The minimum absolute atomic E-state index is 0.0597. The predicted octanol–water partition coefficient (Wildman–Crippen LogP) is 4.17. The molecule has 0 aromatic heterocycles. The van der Waals surface area contributed by atoms with Crippen LogP contribution in [0.2, 0.25) is 5.02 Å². The molecule has 0 aliphatic heterocycles. The lowest BCUT2D eigenvalue weighted by atomic mass is 9.80. The van der Waals surface area contributed by atoms with Crippen molar-refractivity contribution in [2.45, 2.75) is 37.6 Å². The monoisotopic (exact) mass is 259 g/mol. The Morgan fingerprint density at radius 1 is 1.24 bits per heavy atom. The molecule has 1 aromatic carbocycles. The molecule has 1 aliphatic carbocycles. The van der Waals surface area contributed by atoms with Gasteiger partial charge in [-0.05, 0) is 30.4 Å². The van der Waals surface area contributed by atoms with Gasteiger partial charge in [-0.2, -0.15) is 0 Å². The minimum Gasteiger partial charge on any atom is -0.324 e. The van der Waals surface area contributed by atoms with E-state index in [-0.39, 0.29) is 24.8 Å². The smallest absolute Gasteiger partial charge is 0.248 e. The largest absolute Gasteiger partial charge is 0.324 e. The fourth-order valence-electron chi connectivity index (χ4n) is 2.42. The van der Waals surface area contributed by atoms with Gasteiger partial charge in [0.1, 0.15) is 0 Å². The number of hydrogen-bond donors (Lipinski definition) is 1. The molecule has 1 aromatic rings. The number of benzene rings is 1. The molecule has 0 bridgehead atoms. The second kappa shape index (κ2) is 4.91. The van der Waals surface area contributed by atoms with Gasteiger partial charge >= 0.3 is 0 Å². The summed E-state index contributed by atoms with van der Waals surface area (Å²) in [6, 6.07) is 7.14. The molecule has 2 N–H and O–H groups in total. The molecule has 1 atom stereocenters. The molecule has 17 heavy (non-hydrogen) atoms. The van der Waals surface area contributed by atoms with E-state index < -0.39 is 5.92 Å². The van der Waals surface area contributed by atoms with Crippen LogP contribution in [-0.4, -0.2) is 5.92 Å². The van der Waals surface area contributed by atoms with Gasteiger partial charge in [-0.15, -0.1) is 0 Å². The summed E-state index contributed by atoms with van der Waals surface area (Å²) in [5.74, 6) is -2.40. The SMILES string of the molecule is NC(c1ccccc1Cl)C1CCC(F)(F)CC1. The first-order valence-electron chi connectivity index (χ1n) is 5.87. The van der Waals surface area contributed by atoms with E-state index >= 15 is 0 Å². The topological polar surface area (TPSA) is 26.0 Å². The van der Waals surface area contributed by atoms with Crippen LogP contribution in [0, 0.1) is 5.92 Å². The molecule has 0 saturated heterocycles. The summed E-state index contributed by atoms with van der Waals surface area (Å²) in [4.78, 5) is 0. The predicted molar refractivity (Wildman–Crippen MR) is 65.3 cm³/mol. The van der Waals surface area contributed by atoms with Crippen molar-refractivity contribution in [3.63, 3.8) is 0 Å². The van der Waals surface area contributed by atoms with Crippen molar-refractivity contribution in [2.75, 3.05) is 0 Å². The van der Waals surface area contributed by atoms with Gasteiger partial charge in [0.15, 0.2) is 0 Å². The maximum Gasteiger partial charge on any atom is 0.248 e. The summed E-state index contributed by atoms with van der Waals surface area (Å²) in [7, 11) is 0. The number of rotatable bonds is 2. The maximum absolute atomic E-state index is 13.1. The van der Waals surface area contributed by atoms with Gasteiger partial charge in [0.05, 0.1) is 0 Å². The Balaban J connectivity index is 2.07. The number of alkyl halides is 2. The number of halogens is 3. The highest BCUT2D eigenvalue weighted by Crippen LogP contribution is 2.41. The molecule has 1 saturated carbocycles. The second-order valence-electron chi connectivity index (χ2n) is 4.74. The molecular weight excluding hydrogens is 244 g/mol. The molecule has 4 heteroatoms. The van der Waals surface area contributed by atoms with Crippen LogP contribution in [0.25, 0.3) is 0 Å². The zero-order chi connectivity index (χ0) is 12.5. The van der Waals surface area contributed by atoms with Gasteiger partial charge in [-0.25, -0.2) is 8.78 Å². The van der Waals surface area contributed by atoms with Gasteiger partial charge < -0.3 is 5.73 Å². The molecule has 94 valence electrons. The van der Waals surface area contributed by atoms with Crippen molar-refractivity contribution in [3.8, 4) is 0 Å². The van der Waals surface area contributed by atoms with Crippen LogP contribution in [-0.2, 0) is 0 Å². The lowest BCUT2D eigenvalue weighted by Crippen LogP contribution is -2.31. The van der Waals surface area contributed by atoms with E-state index in [0.29, 0.717) is 17.9 Å². The van der Waals surface area contributed by atoms with Crippen molar-refractivity contribution in [1.29, 1.82) is 0 Å². The highest BCUT2D eigenvalue weighted by atomic mass is 35.5. The standard InChI is InChI=1S/C13H16ClF2N/c14-11-4-2-1-3-10(11)12(17)9-5-7-13(15,16)8-6-9/h1-4,9,12H,5-8,17H2. The van der Waals surface area contributed by atoms with Gasteiger partial charge in [-0.3, -0.25) is 0 Å². The average Bonchev–Trinajstić information content (AvgIpc) is 2.29. The van der Waals surface area contributed by atoms with Gasteiger partial charge in [0, 0.05) is 23.9 Å². The van der Waals surface area contributed by atoms with Crippen molar-refractivity contribution in [2.24, 2.45) is 11.7 Å². The van der Waals surface area contributed by atoms with E-state index in [1.165, 1.54) is 0 Å². The third-order valence-corrected chi connectivity index (χ3v) is 3.88. The minimum atomic E-state index is -2.50. The van der Waals surface area contributed by atoms with E-state index in [0.717, 1.165) is 5.56 Å². The van der Waals surface area contributed by atoms with Crippen molar-refractivity contribution >= 4 is 11.6 Å². The first-order chi connectivity index (χ1) is 7.99. The normalized spacial score (nSPS) is 22.4. The molecule has 1 unspecified atom stereocenters. The van der Waals surface area contributed by atoms with Crippen molar-refractivity contribution in [1.82, 2.24) is 0 Å². The fraction of sp³-hybridized carbons (Fsp3) is 0.538. The summed E-state index contributed by atoms with van der Waals surface area (Å²) in [6.45, 7) is 0. The summed E-state index contributed by atoms with van der Waals surface area (Å²) in [5.41, 5.74) is 6.99. The zero-order valence-corrected chi connectivity index (χ0v) is 10.3. The molecule has 0 radical (unpaired) electrons. The average molecular weight is 260 g/mol. The molecule has 2 rings (SSSR count). The Hall–Kier alpha value is -0.670. The van der Waals surface area contributed by atoms with E-state index in [1.54, 1.807) is 6.07 Å². The first-order valence-corrected chi connectivity index (χ1v) is 6.25. The van der Waals surface area contributed by atoms with E-state index in [1.807, 2.05) is 18.2 Å². The van der Waals surface area contributed by atoms with Crippen LogP contribution in [0.15, 0.2) is 24.3 Å². The Kier molecular flexibility index (Phi) is 3.69. The summed E-state index contributed by atoms with van der Waals surface area (Å²) in [6.07, 6.45) is 0.824. The van der Waals surface area contributed by atoms with E-state index in [9.17, 15) is 8.78 Å². The second-order valence-corrected chi connectivity index (χ2v) is 5.15. The van der Waals surface area contributed by atoms with Gasteiger partial charge in [0.2, 0.25) is 5.92 Å².